The molecular weight excluding hydrogens is 334 g/mol. The van der Waals surface area contributed by atoms with Crippen LogP contribution in [0.2, 0.25) is 0 Å². The van der Waals surface area contributed by atoms with E-state index >= 15 is 0 Å². The van der Waals surface area contributed by atoms with Crippen molar-refractivity contribution in [3.05, 3.63) is 36.4 Å². The summed E-state index contributed by atoms with van der Waals surface area (Å²) >= 11 is 5.18. The second-order valence-corrected chi connectivity index (χ2v) is 6.45. The molecule has 1 unspecified atom stereocenters. The van der Waals surface area contributed by atoms with E-state index in [9.17, 15) is 0 Å². The van der Waals surface area contributed by atoms with E-state index < -0.39 is 0 Å². The maximum Gasteiger partial charge on any atom is 0.234 e. The fourth-order valence-corrected chi connectivity index (χ4v) is 2.97. The predicted octanol–water partition coefficient (Wildman–Crippen LogP) is 3.56. The zero-order valence-electron chi connectivity index (χ0n) is 14.5. The predicted molar refractivity (Wildman–Crippen MR) is 104 cm³/mol. The van der Waals surface area contributed by atoms with Gasteiger partial charge in [-0.2, -0.15) is 9.97 Å². The molecule has 0 radical (unpaired) electrons. The first-order valence-corrected chi connectivity index (χ1v) is 8.94. The van der Waals surface area contributed by atoms with Crippen molar-refractivity contribution in [2.45, 2.75) is 32.2 Å². The number of thiocarbonyl (C=S) groups is 1. The normalized spacial score (nSPS) is 17.0. The van der Waals surface area contributed by atoms with E-state index in [1.807, 2.05) is 36.4 Å². The average molecular weight is 357 g/mol. The quantitative estimate of drug-likeness (QED) is 0.811. The molecule has 25 heavy (non-hydrogen) atoms. The number of hydrogen-bond donors (Lipinski definition) is 2. The van der Waals surface area contributed by atoms with Crippen molar-refractivity contribution in [1.82, 2.24) is 15.3 Å². The monoisotopic (exact) mass is 357 g/mol. The first-order valence-electron chi connectivity index (χ1n) is 8.53. The largest absolute Gasteiger partial charge is 0.439 e. The molecule has 0 saturated carbocycles. The first kappa shape index (κ1) is 17.4. The minimum Gasteiger partial charge on any atom is -0.439 e. The molecule has 132 valence electrons. The van der Waals surface area contributed by atoms with Crippen LogP contribution in [0.3, 0.4) is 0 Å². The van der Waals surface area contributed by atoms with Crippen LogP contribution in [-0.4, -0.2) is 34.7 Å². The summed E-state index contributed by atoms with van der Waals surface area (Å²) in [7, 11) is 1.76. The number of anilines is 2. The molecular formula is C18H23N5OS. The van der Waals surface area contributed by atoms with E-state index in [2.05, 4.69) is 32.4 Å². The smallest absolute Gasteiger partial charge is 0.234 e. The second kappa shape index (κ2) is 8.11. The summed E-state index contributed by atoms with van der Waals surface area (Å²) in [4.78, 5) is 11.4. The van der Waals surface area contributed by atoms with Gasteiger partial charge < -0.3 is 20.3 Å². The summed E-state index contributed by atoms with van der Waals surface area (Å²) in [6.45, 7) is 3.21. The minimum atomic E-state index is 0.431. The molecule has 0 bridgehead atoms. The highest BCUT2D eigenvalue weighted by Crippen LogP contribution is 2.28. The van der Waals surface area contributed by atoms with E-state index in [1.54, 1.807) is 7.05 Å². The first-order chi connectivity index (χ1) is 12.2. The third-order valence-corrected chi connectivity index (χ3v) is 4.51. The highest BCUT2D eigenvalue weighted by atomic mass is 32.1. The topological polar surface area (TPSA) is 62.3 Å². The number of para-hydroxylation sites is 1. The Balaban J connectivity index is 1.91. The summed E-state index contributed by atoms with van der Waals surface area (Å²) in [5, 5.41) is 6.35. The van der Waals surface area contributed by atoms with Crippen LogP contribution in [-0.2, 0) is 0 Å². The van der Waals surface area contributed by atoms with Crippen LogP contribution in [0.25, 0.3) is 0 Å². The van der Waals surface area contributed by atoms with Crippen molar-refractivity contribution in [1.29, 1.82) is 0 Å². The SMILES string of the molecule is CNC(=S)Nc1nc(Oc2ccccc2)cc(N2CCCCC2C)n1. The summed E-state index contributed by atoms with van der Waals surface area (Å²) < 4.78 is 5.92. The van der Waals surface area contributed by atoms with Gasteiger partial charge in [-0.25, -0.2) is 0 Å². The van der Waals surface area contributed by atoms with Crippen molar-refractivity contribution in [3.63, 3.8) is 0 Å². The van der Waals surface area contributed by atoms with Crippen LogP contribution < -0.4 is 20.3 Å². The molecule has 6 nitrogen and oxygen atoms in total. The van der Waals surface area contributed by atoms with Crippen molar-refractivity contribution in [3.8, 4) is 11.6 Å². The third kappa shape index (κ3) is 4.57. The number of rotatable bonds is 4. The van der Waals surface area contributed by atoms with Crippen molar-refractivity contribution < 1.29 is 4.74 Å². The van der Waals surface area contributed by atoms with Gasteiger partial charge in [0, 0.05) is 25.7 Å². The molecule has 1 aromatic heterocycles. The highest BCUT2D eigenvalue weighted by molar-refractivity contribution is 7.80. The van der Waals surface area contributed by atoms with Crippen molar-refractivity contribution in [2.24, 2.45) is 0 Å². The summed E-state index contributed by atoms with van der Waals surface area (Å²) in [5.74, 6) is 2.52. The molecule has 1 aliphatic heterocycles. The lowest BCUT2D eigenvalue weighted by Gasteiger charge is -2.34. The number of nitrogens with zero attached hydrogens (tertiary/aromatic N) is 3. The Morgan fingerprint density at radius 3 is 2.76 bits per heavy atom. The standard InChI is InChI=1S/C18H23N5OS/c1-13-8-6-7-11-23(13)15-12-16(24-14-9-4-3-5-10-14)21-17(20-15)22-18(25)19-2/h3-5,9-10,12-13H,6-8,11H2,1-2H3,(H2,19,20,21,22,25). The van der Waals surface area contributed by atoms with Crippen LogP contribution >= 0.6 is 12.2 Å². The highest BCUT2D eigenvalue weighted by Gasteiger charge is 2.21. The van der Waals surface area contributed by atoms with Gasteiger partial charge in [0.1, 0.15) is 11.6 Å². The van der Waals surface area contributed by atoms with Crippen LogP contribution in [0.4, 0.5) is 11.8 Å². The van der Waals surface area contributed by atoms with Gasteiger partial charge in [0.05, 0.1) is 0 Å². The molecule has 1 fully saturated rings. The Morgan fingerprint density at radius 1 is 1.24 bits per heavy atom. The van der Waals surface area contributed by atoms with E-state index in [0.717, 1.165) is 24.5 Å². The number of piperidine rings is 1. The maximum absolute atomic E-state index is 5.92. The molecule has 1 atom stereocenters. The second-order valence-electron chi connectivity index (χ2n) is 6.05. The molecule has 7 heteroatoms. The lowest BCUT2D eigenvalue weighted by Crippen LogP contribution is -2.38. The fraction of sp³-hybridized carbons (Fsp3) is 0.389. The Bertz CT molecular complexity index is 725. The zero-order valence-corrected chi connectivity index (χ0v) is 15.3. The van der Waals surface area contributed by atoms with Gasteiger partial charge in [0.25, 0.3) is 0 Å². The van der Waals surface area contributed by atoms with Gasteiger partial charge in [0.2, 0.25) is 11.8 Å². The minimum absolute atomic E-state index is 0.431. The van der Waals surface area contributed by atoms with Crippen molar-refractivity contribution in [2.75, 3.05) is 23.8 Å². The summed E-state index contributed by atoms with van der Waals surface area (Å²) in [5.41, 5.74) is 0. The molecule has 2 heterocycles. The number of nitrogens with one attached hydrogen (secondary N) is 2. The molecule has 0 amide bonds. The van der Waals surface area contributed by atoms with E-state index in [4.69, 9.17) is 17.0 Å². The van der Waals surface area contributed by atoms with E-state index in [1.165, 1.54) is 12.8 Å². The molecule has 2 aromatic rings. The van der Waals surface area contributed by atoms with Gasteiger partial charge in [-0.15, -0.1) is 0 Å². The fourth-order valence-electron chi connectivity index (χ4n) is 2.88. The van der Waals surface area contributed by atoms with Crippen molar-refractivity contribution >= 4 is 29.1 Å². The maximum atomic E-state index is 5.92. The Kier molecular flexibility index (Phi) is 5.65. The molecule has 0 aliphatic carbocycles. The Hall–Kier alpha value is -2.41. The van der Waals surface area contributed by atoms with Crippen LogP contribution in [0.15, 0.2) is 36.4 Å². The molecule has 1 saturated heterocycles. The van der Waals surface area contributed by atoms with Gasteiger partial charge in [0.15, 0.2) is 5.11 Å². The van der Waals surface area contributed by atoms with E-state index in [-0.39, 0.29) is 0 Å². The van der Waals surface area contributed by atoms with Crippen LogP contribution in [0.1, 0.15) is 26.2 Å². The molecule has 2 N–H and O–H groups in total. The number of hydrogen-bond acceptors (Lipinski definition) is 5. The lowest BCUT2D eigenvalue weighted by molar-refractivity contribution is 0.457. The van der Waals surface area contributed by atoms with Crippen LogP contribution in [0.5, 0.6) is 11.6 Å². The summed E-state index contributed by atoms with van der Waals surface area (Å²) in [6.07, 6.45) is 3.59. The molecule has 0 spiro atoms. The third-order valence-electron chi connectivity index (χ3n) is 4.20. The zero-order chi connectivity index (χ0) is 17.6. The number of benzene rings is 1. The molecule has 3 rings (SSSR count). The number of aromatic nitrogens is 2. The molecule has 1 aromatic carbocycles. The van der Waals surface area contributed by atoms with Gasteiger partial charge in [-0.05, 0) is 50.5 Å². The van der Waals surface area contributed by atoms with Gasteiger partial charge in [-0.1, -0.05) is 18.2 Å². The molecule has 1 aliphatic rings. The lowest BCUT2D eigenvalue weighted by atomic mass is 10.0. The van der Waals surface area contributed by atoms with Gasteiger partial charge in [-0.3, -0.25) is 0 Å². The van der Waals surface area contributed by atoms with E-state index in [0.29, 0.717) is 23.0 Å². The number of ether oxygens (including phenoxy) is 1. The Morgan fingerprint density at radius 2 is 2.04 bits per heavy atom. The average Bonchev–Trinajstić information content (AvgIpc) is 2.62. The van der Waals surface area contributed by atoms with Crippen LogP contribution in [0, 0.1) is 0 Å². The summed E-state index contributed by atoms with van der Waals surface area (Å²) in [6, 6.07) is 11.9. The Labute approximate surface area is 153 Å². The van der Waals surface area contributed by atoms with Gasteiger partial charge >= 0.3 is 0 Å².